The van der Waals surface area contributed by atoms with Crippen molar-refractivity contribution in [2.45, 2.75) is 19.9 Å². The van der Waals surface area contributed by atoms with Crippen LogP contribution in [0.5, 0.6) is 5.75 Å². The van der Waals surface area contributed by atoms with Gasteiger partial charge in [0.25, 0.3) is 0 Å². The van der Waals surface area contributed by atoms with E-state index in [9.17, 15) is 4.79 Å². The van der Waals surface area contributed by atoms with Gasteiger partial charge >= 0.3 is 0 Å². The summed E-state index contributed by atoms with van der Waals surface area (Å²) in [5.41, 5.74) is 3.70. The van der Waals surface area contributed by atoms with Crippen LogP contribution in [0.3, 0.4) is 0 Å². The van der Waals surface area contributed by atoms with Crippen LogP contribution in [-0.2, 0) is 11.8 Å². The zero-order valence-corrected chi connectivity index (χ0v) is 18.3. The van der Waals surface area contributed by atoms with Crippen LogP contribution < -0.4 is 15.4 Å². The number of para-hydroxylation sites is 1. The van der Waals surface area contributed by atoms with Crippen LogP contribution in [0.25, 0.3) is 0 Å². The number of ether oxygens (including phenoxy) is 1. The molecule has 1 aromatic carbocycles. The van der Waals surface area contributed by atoms with Gasteiger partial charge in [-0.25, -0.2) is 0 Å². The first-order chi connectivity index (χ1) is 12.5. The fourth-order valence-corrected chi connectivity index (χ4v) is 3.50. The first-order valence-electron chi connectivity index (χ1n) is 8.89. The molecule has 0 radical (unpaired) electrons. The number of nitrogens with one attached hydrogen (secondary N) is 2. The van der Waals surface area contributed by atoms with Gasteiger partial charge in [0.2, 0.25) is 5.91 Å². The second-order valence-electron chi connectivity index (χ2n) is 6.65. The first-order valence-corrected chi connectivity index (χ1v) is 8.89. The Kier molecular flexibility index (Phi) is 9.23. The lowest BCUT2D eigenvalue weighted by Crippen LogP contribution is -2.48. The highest BCUT2D eigenvalue weighted by atomic mass is 35.5. The van der Waals surface area contributed by atoms with Crippen molar-refractivity contribution in [1.82, 2.24) is 20.0 Å². The number of carbonyl (C=O) groups is 1. The van der Waals surface area contributed by atoms with E-state index in [0.29, 0.717) is 6.54 Å². The Morgan fingerprint density at radius 3 is 2.68 bits per heavy atom. The third kappa shape index (κ3) is 5.17. The summed E-state index contributed by atoms with van der Waals surface area (Å²) in [5, 5.41) is 10.8. The van der Waals surface area contributed by atoms with Crippen molar-refractivity contribution in [1.29, 1.82) is 0 Å². The molecule has 1 atom stereocenters. The Morgan fingerprint density at radius 2 is 2.04 bits per heavy atom. The van der Waals surface area contributed by atoms with Gasteiger partial charge in [-0.2, -0.15) is 5.10 Å². The van der Waals surface area contributed by atoms with Crippen LogP contribution in [0, 0.1) is 13.8 Å². The minimum atomic E-state index is -0.0222. The molecule has 1 fully saturated rings. The van der Waals surface area contributed by atoms with E-state index < -0.39 is 0 Å². The Bertz CT molecular complexity index is 797. The monoisotopic (exact) mass is 429 g/mol. The van der Waals surface area contributed by atoms with Crippen molar-refractivity contribution >= 4 is 36.4 Å². The molecule has 3 rings (SSSR count). The molecule has 0 saturated carbocycles. The lowest BCUT2D eigenvalue weighted by atomic mass is 10.0. The maximum absolute atomic E-state index is 12.7. The number of nitrogens with zero attached hydrogens (tertiary/aromatic N) is 3. The number of carbonyl (C=O) groups excluding carboxylic acids is 1. The van der Waals surface area contributed by atoms with Gasteiger partial charge in [0.15, 0.2) is 0 Å². The third-order valence-corrected chi connectivity index (χ3v) is 4.97. The van der Waals surface area contributed by atoms with Gasteiger partial charge < -0.3 is 15.4 Å². The standard InChI is InChI=1S/C19H27N5O2.2ClH/c1-13-19(14(2)23(3)22-13)21-18(25)12-24-10-9-20-11-16(24)15-7-5-6-8-17(15)26-4;;/h5-8,16,20H,9-12H2,1-4H3,(H,21,25);2*1H. The van der Waals surface area contributed by atoms with Crippen molar-refractivity contribution in [3.63, 3.8) is 0 Å². The number of amides is 1. The normalized spacial score (nSPS) is 16.6. The molecular weight excluding hydrogens is 401 g/mol. The molecule has 0 aliphatic carbocycles. The van der Waals surface area contributed by atoms with Crippen molar-refractivity contribution < 1.29 is 9.53 Å². The molecule has 2 heterocycles. The summed E-state index contributed by atoms with van der Waals surface area (Å²) in [6.07, 6.45) is 0. The Morgan fingerprint density at radius 1 is 1.32 bits per heavy atom. The van der Waals surface area contributed by atoms with E-state index in [0.717, 1.165) is 48.0 Å². The molecule has 2 aromatic rings. The molecule has 1 amide bonds. The number of methoxy groups -OCH3 is 1. The number of aromatic nitrogens is 2. The van der Waals surface area contributed by atoms with Crippen molar-refractivity contribution in [3.8, 4) is 5.75 Å². The zero-order valence-electron chi connectivity index (χ0n) is 16.7. The molecule has 7 nitrogen and oxygen atoms in total. The third-order valence-electron chi connectivity index (χ3n) is 4.97. The van der Waals surface area contributed by atoms with Gasteiger partial charge in [-0.3, -0.25) is 14.4 Å². The summed E-state index contributed by atoms with van der Waals surface area (Å²) in [4.78, 5) is 14.9. The predicted molar refractivity (Wildman–Crippen MR) is 116 cm³/mol. The minimum absolute atomic E-state index is 0. The van der Waals surface area contributed by atoms with Gasteiger partial charge in [-0.1, -0.05) is 18.2 Å². The molecule has 9 heteroatoms. The van der Waals surface area contributed by atoms with Crippen molar-refractivity contribution in [3.05, 3.63) is 41.2 Å². The summed E-state index contributed by atoms with van der Waals surface area (Å²) in [7, 11) is 3.56. The van der Waals surface area contributed by atoms with Crippen LogP contribution >= 0.6 is 24.8 Å². The van der Waals surface area contributed by atoms with E-state index in [1.807, 2.05) is 39.1 Å². The number of hydrogen-bond donors (Lipinski definition) is 2. The molecular formula is C19H29Cl2N5O2. The molecule has 1 aromatic heterocycles. The van der Waals surface area contributed by atoms with Crippen molar-refractivity contribution in [2.75, 3.05) is 38.6 Å². The van der Waals surface area contributed by atoms with E-state index in [4.69, 9.17) is 4.74 Å². The molecule has 156 valence electrons. The highest BCUT2D eigenvalue weighted by Crippen LogP contribution is 2.30. The maximum Gasteiger partial charge on any atom is 0.238 e. The summed E-state index contributed by atoms with van der Waals surface area (Å²) >= 11 is 0. The molecule has 2 N–H and O–H groups in total. The van der Waals surface area contributed by atoms with E-state index in [2.05, 4.69) is 26.7 Å². The lowest BCUT2D eigenvalue weighted by molar-refractivity contribution is -0.118. The highest BCUT2D eigenvalue weighted by molar-refractivity contribution is 5.93. The molecule has 28 heavy (non-hydrogen) atoms. The van der Waals surface area contributed by atoms with Crippen molar-refractivity contribution in [2.24, 2.45) is 7.05 Å². The Balaban J connectivity index is 0.00000196. The maximum atomic E-state index is 12.7. The average Bonchev–Trinajstić information content (AvgIpc) is 2.88. The second kappa shape index (κ2) is 10.7. The van der Waals surface area contributed by atoms with Gasteiger partial charge in [-0.05, 0) is 19.9 Å². The SMILES string of the molecule is COc1ccccc1C1CNCCN1CC(=O)Nc1c(C)nn(C)c1C.Cl.Cl. The van der Waals surface area contributed by atoms with Crippen LogP contribution in [0.2, 0.25) is 0 Å². The van der Waals surface area contributed by atoms with Crippen LogP contribution in [-0.4, -0.2) is 53.9 Å². The fraction of sp³-hybridized carbons (Fsp3) is 0.474. The van der Waals surface area contributed by atoms with Gasteiger partial charge in [0, 0.05) is 32.2 Å². The number of halogens is 2. The number of rotatable bonds is 5. The smallest absolute Gasteiger partial charge is 0.238 e. The first kappa shape index (κ1) is 24.2. The molecule has 0 bridgehead atoms. The van der Waals surface area contributed by atoms with Gasteiger partial charge in [0.1, 0.15) is 5.75 Å². The number of aryl methyl sites for hydroxylation is 2. The minimum Gasteiger partial charge on any atom is -0.496 e. The largest absolute Gasteiger partial charge is 0.496 e. The molecule has 1 aliphatic rings. The van der Waals surface area contributed by atoms with E-state index in [-0.39, 0.29) is 36.8 Å². The van der Waals surface area contributed by atoms with Crippen LogP contribution in [0.15, 0.2) is 24.3 Å². The van der Waals surface area contributed by atoms with Crippen LogP contribution in [0.1, 0.15) is 23.0 Å². The lowest BCUT2D eigenvalue weighted by Gasteiger charge is -2.36. The highest BCUT2D eigenvalue weighted by Gasteiger charge is 2.28. The Labute approximate surface area is 178 Å². The number of hydrogen-bond acceptors (Lipinski definition) is 5. The predicted octanol–water partition coefficient (Wildman–Crippen LogP) is 2.47. The zero-order chi connectivity index (χ0) is 18.7. The average molecular weight is 430 g/mol. The van der Waals surface area contributed by atoms with E-state index in [1.165, 1.54) is 0 Å². The molecule has 1 aliphatic heterocycles. The topological polar surface area (TPSA) is 71.4 Å². The Hall–Kier alpha value is -1.80. The summed E-state index contributed by atoms with van der Waals surface area (Å²) in [5.74, 6) is 0.830. The number of anilines is 1. The van der Waals surface area contributed by atoms with E-state index >= 15 is 0 Å². The second-order valence-corrected chi connectivity index (χ2v) is 6.65. The van der Waals surface area contributed by atoms with Gasteiger partial charge in [-0.15, -0.1) is 24.8 Å². The molecule has 1 saturated heterocycles. The van der Waals surface area contributed by atoms with Crippen LogP contribution in [0.4, 0.5) is 5.69 Å². The molecule has 1 unspecified atom stereocenters. The quantitative estimate of drug-likeness (QED) is 0.763. The number of piperazine rings is 1. The van der Waals surface area contributed by atoms with E-state index in [1.54, 1.807) is 11.8 Å². The summed E-state index contributed by atoms with van der Waals surface area (Å²) in [6, 6.07) is 8.10. The summed E-state index contributed by atoms with van der Waals surface area (Å²) in [6.45, 7) is 6.66. The summed E-state index contributed by atoms with van der Waals surface area (Å²) < 4.78 is 7.30. The van der Waals surface area contributed by atoms with Gasteiger partial charge in [0.05, 0.1) is 36.8 Å². The fourth-order valence-electron chi connectivity index (χ4n) is 3.50. The molecule has 0 spiro atoms. The number of benzene rings is 1.